The van der Waals surface area contributed by atoms with E-state index >= 15 is 0 Å². The number of nitrogens with one attached hydrogen (secondary N) is 2. The van der Waals surface area contributed by atoms with Gasteiger partial charge in [-0.25, -0.2) is 4.79 Å². The molecule has 1 aromatic carbocycles. The molecule has 0 bridgehead atoms. The molecule has 7 nitrogen and oxygen atoms in total. The van der Waals surface area contributed by atoms with E-state index in [0.717, 1.165) is 12.0 Å². The summed E-state index contributed by atoms with van der Waals surface area (Å²) in [6.45, 7) is 1.66. The van der Waals surface area contributed by atoms with E-state index in [1.165, 1.54) is 0 Å². The average molecular weight is 338 g/mol. The SMILES string of the molecule is COc1ccc(CCNC(=O)N[C@@H]2COCC[C@H]2OC)cc1OC. The van der Waals surface area contributed by atoms with Crippen molar-refractivity contribution >= 4 is 6.03 Å². The molecule has 0 saturated carbocycles. The Morgan fingerprint density at radius 1 is 1.25 bits per heavy atom. The summed E-state index contributed by atoms with van der Waals surface area (Å²) in [6, 6.07) is 5.39. The number of hydrogen-bond acceptors (Lipinski definition) is 5. The highest BCUT2D eigenvalue weighted by Crippen LogP contribution is 2.27. The van der Waals surface area contributed by atoms with Gasteiger partial charge in [-0.05, 0) is 30.5 Å². The lowest BCUT2D eigenvalue weighted by atomic mass is 10.1. The van der Waals surface area contributed by atoms with Gasteiger partial charge in [0.25, 0.3) is 0 Å². The van der Waals surface area contributed by atoms with Crippen molar-refractivity contribution in [3.8, 4) is 11.5 Å². The first kappa shape index (κ1) is 18.4. The van der Waals surface area contributed by atoms with E-state index in [0.29, 0.717) is 37.7 Å². The molecule has 1 heterocycles. The maximum atomic E-state index is 12.0. The average Bonchev–Trinajstić information content (AvgIpc) is 2.62. The molecule has 0 aromatic heterocycles. The molecule has 2 atom stereocenters. The third-order valence-corrected chi connectivity index (χ3v) is 4.06. The third kappa shape index (κ3) is 5.01. The fourth-order valence-electron chi connectivity index (χ4n) is 2.71. The molecule has 0 spiro atoms. The maximum absolute atomic E-state index is 12.0. The van der Waals surface area contributed by atoms with Crippen LogP contribution < -0.4 is 20.1 Å². The molecule has 1 aliphatic rings. The highest BCUT2D eigenvalue weighted by atomic mass is 16.5. The van der Waals surface area contributed by atoms with Crippen molar-refractivity contribution < 1.29 is 23.7 Å². The Morgan fingerprint density at radius 2 is 2.04 bits per heavy atom. The molecular formula is C17H26N2O5. The second-order valence-electron chi connectivity index (χ2n) is 5.58. The second-order valence-corrected chi connectivity index (χ2v) is 5.58. The van der Waals surface area contributed by atoms with E-state index in [-0.39, 0.29) is 18.2 Å². The molecule has 2 rings (SSSR count). The number of urea groups is 1. The molecule has 7 heteroatoms. The zero-order valence-electron chi connectivity index (χ0n) is 14.5. The lowest BCUT2D eigenvalue weighted by molar-refractivity contribution is -0.0334. The predicted octanol–water partition coefficient (Wildman–Crippen LogP) is 1.35. The van der Waals surface area contributed by atoms with Crippen LogP contribution in [0.1, 0.15) is 12.0 Å². The van der Waals surface area contributed by atoms with Gasteiger partial charge in [0.05, 0.1) is 33.0 Å². The van der Waals surface area contributed by atoms with Crippen molar-refractivity contribution in [3.63, 3.8) is 0 Å². The number of benzene rings is 1. The van der Waals surface area contributed by atoms with Gasteiger partial charge in [-0.15, -0.1) is 0 Å². The summed E-state index contributed by atoms with van der Waals surface area (Å²) in [5.74, 6) is 1.37. The molecular weight excluding hydrogens is 312 g/mol. The number of hydrogen-bond donors (Lipinski definition) is 2. The number of amides is 2. The smallest absolute Gasteiger partial charge is 0.315 e. The van der Waals surface area contributed by atoms with Crippen LogP contribution in [0.3, 0.4) is 0 Å². The number of rotatable bonds is 7. The quantitative estimate of drug-likeness (QED) is 0.785. The first-order chi connectivity index (χ1) is 11.7. The van der Waals surface area contributed by atoms with Gasteiger partial charge in [0.2, 0.25) is 0 Å². The highest BCUT2D eigenvalue weighted by molar-refractivity contribution is 5.74. The molecule has 0 radical (unpaired) electrons. The molecule has 0 unspecified atom stereocenters. The Hall–Kier alpha value is -1.99. The van der Waals surface area contributed by atoms with Gasteiger partial charge in [0.1, 0.15) is 0 Å². The van der Waals surface area contributed by atoms with Crippen molar-refractivity contribution in [3.05, 3.63) is 23.8 Å². The van der Waals surface area contributed by atoms with Gasteiger partial charge >= 0.3 is 6.03 Å². The van der Waals surface area contributed by atoms with Crippen LogP contribution in [0.15, 0.2) is 18.2 Å². The second kappa shape index (κ2) is 9.34. The summed E-state index contributed by atoms with van der Waals surface area (Å²) in [4.78, 5) is 12.0. The number of carbonyl (C=O) groups excluding carboxylic acids is 1. The first-order valence-corrected chi connectivity index (χ1v) is 8.03. The number of carbonyl (C=O) groups is 1. The third-order valence-electron chi connectivity index (χ3n) is 4.06. The summed E-state index contributed by atoms with van der Waals surface area (Å²) in [5.41, 5.74) is 1.06. The van der Waals surface area contributed by atoms with E-state index in [1.807, 2.05) is 18.2 Å². The highest BCUT2D eigenvalue weighted by Gasteiger charge is 2.26. The maximum Gasteiger partial charge on any atom is 0.315 e. The minimum absolute atomic E-state index is 0.00431. The molecule has 2 N–H and O–H groups in total. The lowest BCUT2D eigenvalue weighted by Crippen LogP contribution is -2.53. The van der Waals surface area contributed by atoms with Crippen molar-refractivity contribution in [1.29, 1.82) is 0 Å². The Bertz CT molecular complexity index is 538. The van der Waals surface area contributed by atoms with Crippen molar-refractivity contribution in [2.45, 2.75) is 25.0 Å². The number of methoxy groups -OCH3 is 3. The first-order valence-electron chi connectivity index (χ1n) is 8.03. The molecule has 1 aromatic rings. The topological polar surface area (TPSA) is 78.1 Å². The van der Waals surface area contributed by atoms with Gasteiger partial charge in [-0.2, -0.15) is 0 Å². The molecule has 1 fully saturated rings. The Morgan fingerprint density at radius 3 is 2.75 bits per heavy atom. The Balaban J connectivity index is 1.78. The zero-order chi connectivity index (χ0) is 17.4. The van der Waals surface area contributed by atoms with Gasteiger partial charge in [0.15, 0.2) is 11.5 Å². The van der Waals surface area contributed by atoms with E-state index in [1.54, 1.807) is 21.3 Å². The number of ether oxygens (including phenoxy) is 4. The molecule has 1 saturated heterocycles. The fraction of sp³-hybridized carbons (Fsp3) is 0.588. The van der Waals surface area contributed by atoms with Crippen LogP contribution in [-0.4, -0.2) is 59.3 Å². The Kier molecular flexibility index (Phi) is 7.14. The molecule has 0 aliphatic carbocycles. The van der Waals surface area contributed by atoms with E-state index in [9.17, 15) is 4.79 Å². The van der Waals surface area contributed by atoms with Gasteiger partial charge in [0, 0.05) is 20.3 Å². The standard InChI is InChI=1S/C17H26N2O5/c1-21-14-7-9-24-11-13(14)19-17(20)18-8-6-12-4-5-15(22-2)16(10-12)23-3/h4-5,10,13-14H,6-9,11H2,1-3H3,(H2,18,19,20)/t13-,14-/m1/s1. The zero-order valence-corrected chi connectivity index (χ0v) is 14.5. The normalized spacial score (nSPS) is 20.3. The van der Waals surface area contributed by atoms with Crippen LogP contribution in [0.5, 0.6) is 11.5 Å². The van der Waals surface area contributed by atoms with Crippen molar-refractivity contribution in [1.82, 2.24) is 10.6 Å². The van der Waals surface area contributed by atoms with Crippen molar-refractivity contribution in [2.75, 3.05) is 41.1 Å². The minimum Gasteiger partial charge on any atom is -0.493 e. The largest absolute Gasteiger partial charge is 0.493 e. The summed E-state index contributed by atoms with van der Waals surface area (Å²) in [6.07, 6.45) is 1.48. The van der Waals surface area contributed by atoms with Gasteiger partial charge in [-0.3, -0.25) is 0 Å². The molecule has 1 aliphatic heterocycles. The van der Waals surface area contributed by atoms with Crippen LogP contribution in [0.2, 0.25) is 0 Å². The summed E-state index contributed by atoms with van der Waals surface area (Å²) < 4.78 is 21.3. The summed E-state index contributed by atoms with van der Waals surface area (Å²) in [5, 5.41) is 5.76. The van der Waals surface area contributed by atoms with Crippen LogP contribution in [0.4, 0.5) is 4.79 Å². The molecule has 2 amide bonds. The monoisotopic (exact) mass is 338 g/mol. The van der Waals surface area contributed by atoms with Crippen LogP contribution >= 0.6 is 0 Å². The molecule has 134 valence electrons. The minimum atomic E-state index is -0.215. The van der Waals surface area contributed by atoms with E-state index in [2.05, 4.69) is 10.6 Å². The van der Waals surface area contributed by atoms with Gasteiger partial charge < -0.3 is 29.6 Å². The fourth-order valence-corrected chi connectivity index (χ4v) is 2.71. The van der Waals surface area contributed by atoms with Crippen LogP contribution in [0, 0.1) is 0 Å². The van der Waals surface area contributed by atoms with Crippen LogP contribution in [0.25, 0.3) is 0 Å². The summed E-state index contributed by atoms with van der Waals surface area (Å²) in [7, 11) is 4.86. The predicted molar refractivity (Wildman–Crippen MR) is 89.8 cm³/mol. The Labute approximate surface area is 142 Å². The van der Waals surface area contributed by atoms with Gasteiger partial charge in [-0.1, -0.05) is 6.07 Å². The summed E-state index contributed by atoms with van der Waals surface area (Å²) >= 11 is 0. The molecule has 24 heavy (non-hydrogen) atoms. The van der Waals surface area contributed by atoms with E-state index < -0.39 is 0 Å². The van der Waals surface area contributed by atoms with E-state index in [4.69, 9.17) is 18.9 Å². The lowest BCUT2D eigenvalue weighted by Gasteiger charge is -2.30. The van der Waals surface area contributed by atoms with Crippen molar-refractivity contribution in [2.24, 2.45) is 0 Å². The van der Waals surface area contributed by atoms with Crippen LogP contribution in [-0.2, 0) is 15.9 Å².